The summed E-state index contributed by atoms with van der Waals surface area (Å²) in [5.41, 5.74) is 0.931. The van der Waals surface area contributed by atoms with Crippen LogP contribution in [0.3, 0.4) is 0 Å². The Morgan fingerprint density at radius 2 is 2.28 bits per heavy atom. The first-order valence-corrected chi connectivity index (χ1v) is 7.59. The Kier molecular flexibility index (Phi) is 5.56. The number of hydrogen-bond acceptors (Lipinski definition) is 4. The molecule has 1 atom stereocenters. The maximum Gasteiger partial charge on any atom is 0.195 e. The number of aryl methyl sites for hydroxylation is 1. The maximum atomic E-state index is 12.2. The lowest BCUT2D eigenvalue weighted by atomic mass is 10.0. The van der Waals surface area contributed by atoms with Gasteiger partial charge in [0.25, 0.3) is 0 Å². The van der Waals surface area contributed by atoms with Crippen molar-refractivity contribution in [2.45, 2.75) is 24.8 Å². The molecule has 0 amide bonds. The third kappa shape index (κ3) is 3.93. The van der Waals surface area contributed by atoms with E-state index in [1.54, 1.807) is 18.3 Å². The Labute approximate surface area is 115 Å². The molecule has 1 aromatic rings. The standard InChI is InChI=1S/C12H18N2O2S.ClH/c1-10-4-6-14-12(7-10)17(15,16)9-11-3-2-5-13-8-11;/h4,6-7,11,13H,2-3,5,8-9H2,1H3;1H. The van der Waals surface area contributed by atoms with E-state index in [1.165, 1.54) is 0 Å². The van der Waals surface area contributed by atoms with Crippen molar-refractivity contribution >= 4 is 22.2 Å². The minimum Gasteiger partial charge on any atom is -0.316 e. The zero-order valence-corrected chi connectivity index (χ0v) is 12.1. The molecule has 18 heavy (non-hydrogen) atoms. The number of aromatic nitrogens is 1. The van der Waals surface area contributed by atoms with Crippen LogP contribution in [-0.4, -0.2) is 32.2 Å². The van der Waals surface area contributed by atoms with Gasteiger partial charge in [0.1, 0.15) is 0 Å². The highest BCUT2D eigenvalue weighted by Gasteiger charge is 2.23. The van der Waals surface area contributed by atoms with Crippen LogP contribution in [0.25, 0.3) is 0 Å². The Balaban J connectivity index is 0.00000162. The van der Waals surface area contributed by atoms with Gasteiger partial charge in [-0.25, -0.2) is 13.4 Å². The number of pyridine rings is 1. The zero-order valence-electron chi connectivity index (χ0n) is 10.4. The van der Waals surface area contributed by atoms with Crippen LogP contribution in [0.4, 0.5) is 0 Å². The SMILES string of the molecule is Cc1ccnc(S(=O)(=O)CC2CCCNC2)c1.Cl. The summed E-state index contributed by atoms with van der Waals surface area (Å²) in [5.74, 6) is 0.423. The highest BCUT2D eigenvalue weighted by Crippen LogP contribution is 2.17. The first kappa shape index (κ1) is 15.4. The summed E-state index contributed by atoms with van der Waals surface area (Å²) < 4.78 is 24.3. The smallest absolute Gasteiger partial charge is 0.195 e. The van der Waals surface area contributed by atoms with Gasteiger partial charge in [0.05, 0.1) is 5.75 Å². The molecule has 102 valence electrons. The molecule has 1 aromatic heterocycles. The van der Waals surface area contributed by atoms with Gasteiger partial charge in [-0.2, -0.15) is 0 Å². The third-order valence-electron chi connectivity index (χ3n) is 3.06. The third-order valence-corrected chi connectivity index (χ3v) is 4.83. The quantitative estimate of drug-likeness (QED) is 0.918. The summed E-state index contributed by atoms with van der Waals surface area (Å²) >= 11 is 0. The number of sulfone groups is 1. The van der Waals surface area contributed by atoms with Gasteiger partial charge in [0, 0.05) is 6.20 Å². The fraction of sp³-hybridized carbons (Fsp3) is 0.583. The summed E-state index contributed by atoms with van der Waals surface area (Å²) in [5, 5.41) is 3.45. The van der Waals surface area contributed by atoms with Crippen LogP contribution in [-0.2, 0) is 9.84 Å². The van der Waals surface area contributed by atoms with Gasteiger partial charge in [0.15, 0.2) is 14.9 Å². The van der Waals surface area contributed by atoms with Gasteiger partial charge < -0.3 is 5.32 Å². The van der Waals surface area contributed by atoms with E-state index in [4.69, 9.17) is 0 Å². The van der Waals surface area contributed by atoms with Crippen molar-refractivity contribution in [1.29, 1.82) is 0 Å². The minimum absolute atomic E-state index is 0. The van der Waals surface area contributed by atoms with E-state index in [0.717, 1.165) is 31.5 Å². The molecule has 2 heterocycles. The van der Waals surface area contributed by atoms with Gasteiger partial charge in [-0.1, -0.05) is 0 Å². The van der Waals surface area contributed by atoms with Crippen LogP contribution in [0.2, 0.25) is 0 Å². The highest BCUT2D eigenvalue weighted by molar-refractivity contribution is 7.91. The van der Waals surface area contributed by atoms with Gasteiger partial charge in [-0.15, -0.1) is 12.4 Å². The summed E-state index contributed by atoms with van der Waals surface area (Å²) in [6.07, 6.45) is 3.60. The fourth-order valence-corrected chi connectivity index (χ4v) is 3.80. The normalized spacial score (nSPS) is 20.2. The van der Waals surface area contributed by atoms with Crippen molar-refractivity contribution in [2.24, 2.45) is 5.92 Å². The monoisotopic (exact) mass is 290 g/mol. The van der Waals surface area contributed by atoms with Gasteiger partial charge in [-0.05, 0) is 56.5 Å². The molecule has 1 unspecified atom stereocenters. The van der Waals surface area contributed by atoms with E-state index in [0.29, 0.717) is 0 Å². The molecular weight excluding hydrogens is 272 g/mol. The summed E-state index contributed by atoms with van der Waals surface area (Å²) in [7, 11) is -3.23. The molecule has 1 saturated heterocycles. The Morgan fingerprint density at radius 3 is 2.89 bits per heavy atom. The summed E-state index contributed by atoms with van der Waals surface area (Å²) in [4.78, 5) is 3.97. The molecule has 0 aromatic carbocycles. The van der Waals surface area contributed by atoms with Crippen LogP contribution in [0.5, 0.6) is 0 Å². The van der Waals surface area contributed by atoms with Crippen LogP contribution in [0.1, 0.15) is 18.4 Å². The molecule has 1 aliphatic heterocycles. The topological polar surface area (TPSA) is 59.1 Å². The van der Waals surface area contributed by atoms with Gasteiger partial charge >= 0.3 is 0 Å². The van der Waals surface area contributed by atoms with Crippen LogP contribution >= 0.6 is 12.4 Å². The molecule has 4 nitrogen and oxygen atoms in total. The molecule has 0 saturated carbocycles. The average Bonchev–Trinajstić information content (AvgIpc) is 2.30. The first-order valence-electron chi connectivity index (χ1n) is 5.94. The van der Waals surface area contributed by atoms with Crippen molar-refractivity contribution in [1.82, 2.24) is 10.3 Å². The fourth-order valence-electron chi connectivity index (χ4n) is 2.14. The van der Waals surface area contributed by atoms with Crippen molar-refractivity contribution in [3.8, 4) is 0 Å². The predicted octanol–water partition coefficient (Wildman–Crippen LogP) is 1.59. The molecule has 0 spiro atoms. The molecular formula is C12H19ClN2O2S. The molecule has 0 bridgehead atoms. The molecule has 1 N–H and O–H groups in total. The van der Waals surface area contributed by atoms with E-state index in [-0.39, 0.29) is 29.1 Å². The predicted molar refractivity (Wildman–Crippen MR) is 73.9 cm³/mol. The van der Waals surface area contributed by atoms with Gasteiger partial charge in [0.2, 0.25) is 0 Å². The summed E-state index contributed by atoms with van der Waals surface area (Å²) in [6.45, 7) is 3.67. The van der Waals surface area contributed by atoms with Crippen molar-refractivity contribution in [3.63, 3.8) is 0 Å². The molecule has 1 fully saturated rings. The van der Waals surface area contributed by atoms with Crippen LogP contribution in [0, 0.1) is 12.8 Å². The zero-order chi connectivity index (χ0) is 12.3. The molecule has 1 aliphatic rings. The molecule has 2 rings (SSSR count). The number of piperidine rings is 1. The molecule has 6 heteroatoms. The average molecular weight is 291 g/mol. The maximum absolute atomic E-state index is 12.2. The lowest BCUT2D eigenvalue weighted by Gasteiger charge is -2.22. The van der Waals surface area contributed by atoms with Crippen LogP contribution in [0.15, 0.2) is 23.4 Å². The van der Waals surface area contributed by atoms with E-state index in [2.05, 4.69) is 10.3 Å². The number of nitrogens with zero attached hydrogens (tertiary/aromatic N) is 1. The second-order valence-corrected chi connectivity index (χ2v) is 6.65. The second kappa shape index (κ2) is 6.50. The van der Waals surface area contributed by atoms with Crippen molar-refractivity contribution in [2.75, 3.05) is 18.8 Å². The Morgan fingerprint density at radius 1 is 1.50 bits per heavy atom. The molecule has 0 aliphatic carbocycles. The van der Waals surface area contributed by atoms with E-state index < -0.39 is 9.84 Å². The number of rotatable bonds is 3. The van der Waals surface area contributed by atoms with E-state index in [9.17, 15) is 8.42 Å². The number of nitrogens with one attached hydrogen (secondary N) is 1. The minimum atomic E-state index is -3.23. The lowest BCUT2D eigenvalue weighted by Crippen LogP contribution is -2.33. The largest absolute Gasteiger partial charge is 0.316 e. The number of hydrogen-bond donors (Lipinski definition) is 1. The van der Waals surface area contributed by atoms with E-state index in [1.807, 2.05) is 6.92 Å². The second-order valence-electron chi connectivity index (χ2n) is 4.67. The summed E-state index contributed by atoms with van der Waals surface area (Å²) in [6, 6.07) is 3.45. The lowest BCUT2D eigenvalue weighted by molar-refractivity contribution is 0.403. The van der Waals surface area contributed by atoms with E-state index >= 15 is 0 Å². The van der Waals surface area contributed by atoms with Crippen molar-refractivity contribution < 1.29 is 8.42 Å². The van der Waals surface area contributed by atoms with Gasteiger partial charge in [-0.3, -0.25) is 0 Å². The Hall–Kier alpha value is -0.650. The number of halogens is 1. The van der Waals surface area contributed by atoms with Crippen molar-refractivity contribution in [3.05, 3.63) is 23.9 Å². The highest BCUT2D eigenvalue weighted by atomic mass is 35.5. The molecule has 0 radical (unpaired) electrons. The van der Waals surface area contributed by atoms with Crippen LogP contribution < -0.4 is 5.32 Å². The first-order chi connectivity index (χ1) is 8.08. The Bertz CT molecular complexity index is 485.